The van der Waals surface area contributed by atoms with Gasteiger partial charge in [-0.2, -0.15) is 13.2 Å². The number of halogens is 4. The van der Waals surface area contributed by atoms with Gasteiger partial charge in [0.15, 0.2) is 5.78 Å². The number of anilines is 1. The van der Waals surface area contributed by atoms with E-state index in [1.165, 1.54) is 18.2 Å². The second-order valence-corrected chi connectivity index (χ2v) is 7.98. The molecule has 2 N–H and O–H groups in total. The van der Waals surface area contributed by atoms with Crippen LogP contribution in [-0.2, 0) is 11.0 Å². The number of terminal acetylenes is 1. The van der Waals surface area contributed by atoms with Gasteiger partial charge in [0, 0.05) is 39.9 Å². The predicted octanol–water partition coefficient (Wildman–Crippen LogP) is 5.94. The number of Topliss-reactive ketones (excluding diaryl/α,β-unsaturated/α-hetero) is 1. The van der Waals surface area contributed by atoms with Crippen LogP contribution in [0.25, 0.3) is 11.1 Å². The average Bonchev–Trinajstić information content (AvgIpc) is 2.85. The molecule has 10 heteroatoms. The van der Waals surface area contributed by atoms with Gasteiger partial charge in [-0.05, 0) is 42.8 Å². The Balaban J connectivity index is 1.77. The highest BCUT2D eigenvalue weighted by molar-refractivity contribution is 6.33. The zero-order valence-corrected chi connectivity index (χ0v) is 19.5. The van der Waals surface area contributed by atoms with E-state index in [1.54, 1.807) is 24.3 Å². The van der Waals surface area contributed by atoms with Crippen LogP contribution in [0.3, 0.4) is 0 Å². The van der Waals surface area contributed by atoms with Crippen molar-refractivity contribution in [1.82, 2.24) is 4.98 Å². The molecule has 3 rings (SSSR count). The fourth-order valence-electron chi connectivity index (χ4n) is 3.27. The van der Waals surface area contributed by atoms with Gasteiger partial charge in [0.1, 0.15) is 11.4 Å². The number of alkyl halides is 3. The Morgan fingerprint density at radius 1 is 1.14 bits per heavy atom. The molecule has 186 valence electrons. The lowest BCUT2D eigenvalue weighted by Gasteiger charge is -2.14. The van der Waals surface area contributed by atoms with Crippen LogP contribution in [0.4, 0.5) is 18.9 Å². The summed E-state index contributed by atoms with van der Waals surface area (Å²) in [7, 11) is 0. The number of carboxylic acids is 1. The number of pyridine rings is 1. The van der Waals surface area contributed by atoms with Crippen molar-refractivity contribution in [1.29, 1.82) is 0 Å². The summed E-state index contributed by atoms with van der Waals surface area (Å²) in [5.74, 6) is 1.44. The Bertz CT molecular complexity index is 1320. The minimum atomic E-state index is -4.66. The molecule has 0 aliphatic heterocycles. The summed E-state index contributed by atoms with van der Waals surface area (Å²) in [6, 6.07) is 12.1. The number of hydrogen-bond acceptors (Lipinski definition) is 5. The molecule has 6 nitrogen and oxygen atoms in total. The number of aliphatic carboxylic acids is 1. The molecule has 1 aromatic heterocycles. The van der Waals surface area contributed by atoms with E-state index in [2.05, 4.69) is 16.2 Å². The van der Waals surface area contributed by atoms with Gasteiger partial charge in [0.25, 0.3) is 0 Å². The van der Waals surface area contributed by atoms with Crippen LogP contribution in [0, 0.1) is 12.3 Å². The SMILES string of the molecule is C#Cc1cc(C(F)(F)F)ncc1-c1cc(C(=O)CNc2ccccc2OCCCC(=O)O)ccc1Cl. The number of carbonyl (C=O) groups excluding carboxylic acids is 1. The van der Waals surface area contributed by atoms with E-state index in [1.807, 2.05) is 0 Å². The van der Waals surface area contributed by atoms with Gasteiger partial charge < -0.3 is 15.2 Å². The highest BCUT2D eigenvalue weighted by Gasteiger charge is 2.33. The van der Waals surface area contributed by atoms with Crippen LogP contribution in [0.15, 0.2) is 54.7 Å². The summed E-state index contributed by atoms with van der Waals surface area (Å²) in [4.78, 5) is 27.0. The number of carboxylic acid groups (broad SMARTS) is 1. The zero-order valence-electron chi connectivity index (χ0n) is 18.7. The summed E-state index contributed by atoms with van der Waals surface area (Å²) in [5.41, 5.74) is 0.0742. The Morgan fingerprint density at radius 3 is 2.58 bits per heavy atom. The molecule has 0 bridgehead atoms. The molecule has 0 radical (unpaired) electrons. The highest BCUT2D eigenvalue weighted by atomic mass is 35.5. The smallest absolute Gasteiger partial charge is 0.433 e. The van der Waals surface area contributed by atoms with Crippen molar-refractivity contribution in [3.63, 3.8) is 0 Å². The molecule has 0 unspecified atom stereocenters. The number of para-hydroxylation sites is 2. The molecule has 36 heavy (non-hydrogen) atoms. The van der Waals surface area contributed by atoms with E-state index in [4.69, 9.17) is 27.9 Å². The average molecular weight is 517 g/mol. The molecule has 2 aromatic carbocycles. The maximum Gasteiger partial charge on any atom is 0.433 e. The Kier molecular flexibility index (Phi) is 8.56. The van der Waals surface area contributed by atoms with Crippen molar-refractivity contribution >= 4 is 29.0 Å². The summed E-state index contributed by atoms with van der Waals surface area (Å²) < 4.78 is 44.7. The van der Waals surface area contributed by atoms with Gasteiger partial charge in [-0.1, -0.05) is 29.7 Å². The van der Waals surface area contributed by atoms with Gasteiger partial charge in [-0.15, -0.1) is 6.42 Å². The minimum absolute atomic E-state index is 0.0250. The van der Waals surface area contributed by atoms with E-state index in [9.17, 15) is 22.8 Å². The molecule has 0 amide bonds. The Labute approximate surface area is 210 Å². The first-order chi connectivity index (χ1) is 17.1. The van der Waals surface area contributed by atoms with E-state index in [0.29, 0.717) is 17.9 Å². The number of rotatable bonds is 10. The summed E-state index contributed by atoms with van der Waals surface area (Å²) in [5, 5.41) is 11.9. The van der Waals surface area contributed by atoms with Crippen molar-refractivity contribution in [3.8, 4) is 29.2 Å². The van der Waals surface area contributed by atoms with Crippen LogP contribution in [-0.4, -0.2) is 35.0 Å². The third kappa shape index (κ3) is 6.77. The van der Waals surface area contributed by atoms with Crippen molar-refractivity contribution in [3.05, 3.63) is 76.6 Å². The van der Waals surface area contributed by atoms with Gasteiger partial charge in [0.05, 0.1) is 18.8 Å². The fraction of sp³-hybridized carbons (Fsp3) is 0.192. The molecule has 0 spiro atoms. The molecule has 0 fully saturated rings. The minimum Gasteiger partial charge on any atom is -0.491 e. The van der Waals surface area contributed by atoms with Crippen molar-refractivity contribution in [2.45, 2.75) is 19.0 Å². The second-order valence-electron chi connectivity index (χ2n) is 7.57. The van der Waals surface area contributed by atoms with Gasteiger partial charge in [-0.3, -0.25) is 14.6 Å². The lowest BCUT2D eigenvalue weighted by atomic mass is 9.98. The number of ether oxygens (including phenoxy) is 1. The fourth-order valence-corrected chi connectivity index (χ4v) is 3.49. The van der Waals surface area contributed by atoms with Crippen LogP contribution in [0.5, 0.6) is 5.75 Å². The highest BCUT2D eigenvalue weighted by Crippen LogP contribution is 2.34. The summed E-state index contributed by atoms with van der Waals surface area (Å²) in [6.45, 7) is 0.0714. The molecule has 0 saturated heterocycles. The van der Waals surface area contributed by atoms with Crippen molar-refractivity contribution < 1.29 is 32.6 Å². The molecular formula is C26H20ClF3N2O4. The predicted molar refractivity (Wildman–Crippen MR) is 129 cm³/mol. The third-order valence-corrected chi connectivity index (χ3v) is 5.38. The second kappa shape index (κ2) is 11.6. The molecule has 0 aliphatic rings. The molecule has 0 aliphatic carbocycles. The normalized spacial score (nSPS) is 11.0. The number of aromatic nitrogens is 1. The number of nitrogens with zero attached hydrogens (tertiary/aromatic N) is 1. The molecular weight excluding hydrogens is 497 g/mol. The summed E-state index contributed by atoms with van der Waals surface area (Å²) >= 11 is 6.27. The first-order valence-electron chi connectivity index (χ1n) is 10.6. The standard InChI is InChI=1S/C26H20ClF3N2O4/c1-2-16-13-24(26(28,29)30)32-14-19(16)18-12-17(9-10-20(18)27)22(33)15-31-21-6-3-4-7-23(21)36-11-5-8-25(34)35/h1,3-4,6-7,9-10,12-14,31H,5,8,11,15H2,(H,34,35). The maximum absolute atomic E-state index is 13.0. The maximum atomic E-state index is 13.0. The lowest BCUT2D eigenvalue weighted by molar-refractivity contribution is -0.141. The lowest BCUT2D eigenvalue weighted by Crippen LogP contribution is -2.15. The Morgan fingerprint density at radius 2 is 1.89 bits per heavy atom. The van der Waals surface area contributed by atoms with E-state index in [0.717, 1.165) is 12.3 Å². The summed E-state index contributed by atoms with van der Waals surface area (Å²) in [6.07, 6.45) is 2.06. The van der Waals surface area contributed by atoms with Gasteiger partial charge >= 0.3 is 12.1 Å². The number of hydrogen-bond donors (Lipinski definition) is 2. The van der Waals surface area contributed by atoms with Crippen LogP contribution >= 0.6 is 11.6 Å². The number of carbonyl (C=O) groups is 2. The van der Waals surface area contributed by atoms with Gasteiger partial charge in [0.2, 0.25) is 0 Å². The number of ketones is 1. The van der Waals surface area contributed by atoms with Crippen LogP contribution in [0.2, 0.25) is 5.02 Å². The van der Waals surface area contributed by atoms with E-state index in [-0.39, 0.29) is 52.6 Å². The zero-order chi connectivity index (χ0) is 26.3. The van der Waals surface area contributed by atoms with Crippen LogP contribution in [0.1, 0.15) is 34.5 Å². The molecule has 3 aromatic rings. The number of nitrogens with one attached hydrogen (secondary N) is 1. The first-order valence-corrected chi connectivity index (χ1v) is 11.0. The first kappa shape index (κ1) is 26.6. The molecule has 1 heterocycles. The van der Waals surface area contributed by atoms with E-state index < -0.39 is 17.8 Å². The third-order valence-electron chi connectivity index (χ3n) is 5.05. The van der Waals surface area contributed by atoms with E-state index >= 15 is 0 Å². The number of benzene rings is 2. The monoisotopic (exact) mass is 516 g/mol. The molecule has 0 atom stereocenters. The van der Waals surface area contributed by atoms with Gasteiger partial charge in [-0.25, -0.2) is 0 Å². The van der Waals surface area contributed by atoms with Crippen molar-refractivity contribution in [2.24, 2.45) is 0 Å². The molecule has 0 saturated carbocycles. The Hall–Kier alpha value is -4.03. The topological polar surface area (TPSA) is 88.5 Å². The quantitative estimate of drug-likeness (QED) is 0.197. The largest absolute Gasteiger partial charge is 0.491 e. The van der Waals surface area contributed by atoms with Crippen molar-refractivity contribution in [2.75, 3.05) is 18.5 Å². The van der Waals surface area contributed by atoms with Crippen LogP contribution < -0.4 is 10.1 Å².